The maximum Gasteiger partial charge on any atom is 0.274 e. The molecule has 3 heterocycles. The summed E-state index contributed by atoms with van der Waals surface area (Å²) in [5.41, 5.74) is 5.77. The molecule has 0 bridgehead atoms. The van der Waals surface area contributed by atoms with Gasteiger partial charge in [-0.1, -0.05) is 36.0 Å². The molecule has 0 spiro atoms. The van der Waals surface area contributed by atoms with Crippen LogP contribution in [0.4, 0.5) is 5.69 Å². The number of nitro groups is 1. The first-order valence-corrected chi connectivity index (χ1v) is 8.33. The Morgan fingerprint density at radius 2 is 1.96 bits per heavy atom. The quantitative estimate of drug-likeness (QED) is 0.574. The van der Waals surface area contributed by atoms with Crippen molar-refractivity contribution >= 4 is 34.3 Å². The Kier molecular flexibility index (Phi) is 2.72. The predicted octanol–water partition coefficient (Wildman–Crippen LogP) is 2.92. The Hall–Kier alpha value is -2.87. The molecule has 2 unspecified atom stereocenters. The summed E-state index contributed by atoms with van der Waals surface area (Å²) in [5, 5.41) is 16.6. The molecule has 118 valence electrons. The van der Waals surface area contributed by atoms with Crippen molar-refractivity contribution in [3.05, 3.63) is 64.2 Å². The van der Waals surface area contributed by atoms with Gasteiger partial charge in [0.15, 0.2) is 11.0 Å². The highest BCUT2D eigenvalue weighted by Crippen LogP contribution is 2.44. The fourth-order valence-electron chi connectivity index (χ4n) is 3.28. The molecule has 1 aromatic heterocycles. The van der Waals surface area contributed by atoms with Crippen LogP contribution in [-0.2, 0) is 0 Å². The number of imidazole rings is 1. The Balaban J connectivity index is 1.59. The molecule has 2 aliphatic rings. The first kappa shape index (κ1) is 13.6. The molecule has 5 rings (SSSR count). The third kappa shape index (κ3) is 1.74. The van der Waals surface area contributed by atoms with Gasteiger partial charge in [-0.3, -0.25) is 20.1 Å². The molecule has 7 nitrogen and oxygen atoms in total. The normalized spacial score (nSPS) is 21.2. The Labute approximate surface area is 140 Å². The van der Waals surface area contributed by atoms with Crippen LogP contribution in [0.5, 0.6) is 0 Å². The third-order valence-corrected chi connectivity index (χ3v) is 5.56. The van der Waals surface area contributed by atoms with Crippen molar-refractivity contribution in [3.8, 4) is 0 Å². The molecule has 0 fully saturated rings. The highest BCUT2D eigenvalue weighted by atomic mass is 32.2. The van der Waals surface area contributed by atoms with E-state index in [0.717, 1.165) is 22.0 Å². The van der Waals surface area contributed by atoms with E-state index in [1.807, 2.05) is 34.9 Å². The van der Waals surface area contributed by atoms with Gasteiger partial charge in [-0.2, -0.15) is 5.10 Å². The molecule has 3 aromatic rings. The minimum absolute atomic E-state index is 0.0294. The van der Waals surface area contributed by atoms with Gasteiger partial charge in [-0.05, 0) is 18.2 Å². The van der Waals surface area contributed by atoms with Crippen molar-refractivity contribution in [2.75, 3.05) is 0 Å². The van der Waals surface area contributed by atoms with E-state index in [0.29, 0.717) is 5.56 Å². The van der Waals surface area contributed by atoms with Crippen LogP contribution in [0, 0.1) is 10.1 Å². The lowest BCUT2D eigenvalue weighted by molar-refractivity contribution is -0.385. The van der Waals surface area contributed by atoms with E-state index in [1.165, 1.54) is 6.07 Å². The topological polar surface area (TPSA) is 85.3 Å². The second-order valence-corrected chi connectivity index (χ2v) is 6.76. The van der Waals surface area contributed by atoms with Crippen molar-refractivity contribution in [1.82, 2.24) is 15.0 Å². The zero-order chi connectivity index (χ0) is 16.3. The average molecular weight is 337 g/mol. The van der Waals surface area contributed by atoms with Crippen LogP contribution in [0.1, 0.15) is 11.6 Å². The van der Waals surface area contributed by atoms with Crippen LogP contribution < -0.4 is 5.43 Å². The van der Waals surface area contributed by atoms with Crippen molar-refractivity contribution < 1.29 is 4.92 Å². The van der Waals surface area contributed by atoms with E-state index < -0.39 is 0 Å². The van der Waals surface area contributed by atoms with Crippen molar-refractivity contribution in [2.24, 2.45) is 5.10 Å². The number of thioether (sulfide) groups is 1. The van der Waals surface area contributed by atoms with Crippen molar-refractivity contribution in [2.45, 2.75) is 16.4 Å². The molecular weight excluding hydrogens is 326 g/mol. The first-order valence-electron chi connectivity index (χ1n) is 7.45. The van der Waals surface area contributed by atoms with E-state index in [1.54, 1.807) is 23.9 Å². The molecule has 0 amide bonds. The van der Waals surface area contributed by atoms with Crippen LogP contribution in [-0.4, -0.2) is 25.6 Å². The van der Waals surface area contributed by atoms with Crippen LogP contribution in [0.25, 0.3) is 11.0 Å². The van der Waals surface area contributed by atoms with E-state index >= 15 is 0 Å². The van der Waals surface area contributed by atoms with Gasteiger partial charge in [-0.15, -0.1) is 0 Å². The summed E-state index contributed by atoms with van der Waals surface area (Å²) < 4.78 is 2.03. The predicted molar refractivity (Wildman–Crippen MR) is 91.2 cm³/mol. The lowest BCUT2D eigenvalue weighted by Gasteiger charge is -2.15. The maximum absolute atomic E-state index is 11.3. The van der Waals surface area contributed by atoms with Gasteiger partial charge in [-0.25, -0.2) is 4.98 Å². The number of benzene rings is 2. The van der Waals surface area contributed by atoms with Crippen molar-refractivity contribution in [1.29, 1.82) is 0 Å². The molecule has 2 aliphatic heterocycles. The number of nitrogens with zero attached hydrogens (tertiary/aromatic N) is 4. The molecule has 2 atom stereocenters. The van der Waals surface area contributed by atoms with Crippen molar-refractivity contribution in [3.63, 3.8) is 0 Å². The first-order chi connectivity index (χ1) is 11.7. The van der Waals surface area contributed by atoms with Crippen LogP contribution in [0.2, 0.25) is 0 Å². The monoisotopic (exact) mass is 337 g/mol. The van der Waals surface area contributed by atoms with E-state index in [4.69, 9.17) is 0 Å². The minimum Gasteiger partial charge on any atom is -0.299 e. The number of nitrogens with one attached hydrogen (secondary N) is 1. The highest BCUT2D eigenvalue weighted by molar-refractivity contribution is 8.01. The second kappa shape index (κ2) is 4.81. The number of hydrogen-bond acceptors (Lipinski definition) is 6. The zero-order valence-electron chi connectivity index (χ0n) is 12.3. The van der Waals surface area contributed by atoms with Gasteiger partial charge in [0.1, 0.15) is 0 Å². The number of nitro benzene ring substituents is 1. The molecule has 0 saturated heterocycles. The summed E-state index contributed by atoms with van der Waals surface area (Å²) in [6, 6.07) is 14.5. The lowest BCUT2D eigenvalue weighted by Crippen LogP contribution is -2.24. The van der Waals surface area contributed by atoms with Gasteiger partial charge in [0.05, 0.1) is 32.8 Å². The average Bonchev–Trinajstić information content (AvgIpc) is 3.23. The van der Waals surface area contributed by atoms with Crippen LogP contribution >= 0.6 is 11.8 Å². The number of hydrazone groups is 1. The molecule has 0 radical (unpaired) electrons. The fraction of sp³-hybridized carbons (Fsp3) is 0.125. The molecule has 8 heteroatoms. The molecular formula is C16H11N5O2S. The summed E-state index contributed by atoms with van der Waals surface area (Å²) in [7, 11) is 0. The van der Waals surface area contributed by atoms with Gasteiger partial charge in [0, 0.05) is 6.07 Å². The highest BCUT2D eigenvalue weighted by Gasteiger charge is 2.44. The summed E-state index contributed by atoms with van der Waals surface area (Å²) in [5.74, 6) is 0.854. The standard InChI is InChI=1S/C16H11N5O2S/c22-21(23)11-7-3-1-5-9(11)13-14-15(19-18-13)20-12-8-4-2-6-10(12)17-16(20)24-14/h1-8,13-14,18H. The van der Waals surface area contributed by atoms with E-state index in [9.17, 15) is 10.1 Å². The SMILES string of the molecule is O=[N+]([O-])c1ccccc1C1NN=C2C1Sc1nc3ccccc3n12. The van der Waals surface area contributed by atoms with Crippen LogP contribution in [0.3, 0.4) is 0 Å². The van der Waals surface area contributed by atoms with Gasteiger partial charge >= 0.3 is 0 Å². The molecule has 1 N–H and O–H groups in total. The van der Waals surface area contributed by atoms with Gasteiger partial charge < -0.3 is 0 Å². The number of hydrogen-bond donors (Lipinski definition) is 1. The zero-order valence-corrected chi connectivity index (χ0v) is 13.1. The largest absolute Gasteiger partial charge is 0.299 e. The van der Waals surface area contributed by atoms with Gasteiger partial charge in [0.25, 0.3) is 5.69 Å². The summed E-state index contributed by atoms with van der Waals surface area (Å²) >= 11 is 1.59. The summed E-state index contributed by atoms with van der Waals surface area (Å²) in [6.45, 7) is 0. The van der Waals surface area contributed by atoms with E-state index in [-0.39, 0.29) is 21.9 Å². The Morgan fingerprint density at radius 1 is 1.17 bits per heavy atom. The molecule has 0 saturated carbocycles. The summed E-state index contributed by atoms with van der Waals surface area (Å²) in [6.07, 6.45) is 0. The number of para-hydroxylation sites is 3. The fourth-order valence-corrected chi connectivity index (χ4v) is 4.56. The second-order valence-electron chi connectivity index (χ2n) is 5.65. The minimum atomic E-state index is -0.345. The number of rotatable bonds is 2. The summed E-state index contributed by atoms with van der Waals surface area (Å²) in [4.78, 5) is 15.6. The van der Waals surface area contributed by atoms with E-state index in [2.05, 4.69) is 15.5 Å². The van der Waals surface area contributed by atoms with Gasteiger partial charge in [0.2, 0.25) is 0 Å². The number of fused-ring (bicyclic) bond motifs is 5. The Bertz CT molecular complexity index is 1030. The molecule has 2 aromatic carbocycles. The third-order valence-electron chi connectivity index (χ3n) is 4.34. The number of aromatic nitrogens is 2. The lowest BCUT2D eigenvalue weighted by atomic mass is 10.0. The smallest absolute Gasteiger partial charge is 0.274 e. The van der Waals surface area contributed by atoms with Crippen LogP contribution in [0.15, 0.2) is 58.8 Å². The molecule has 24 heavy (non-hydrogen) atoms. The molecule has 0 aliphatic carbocycles. The maximum atomic E-state index is 11.3. The Morgan fingerprint density at radius 3 is 2.83 bits per heavy atom.